The van der Waals surface area contributed by atoms with Crippen LogP contribution in [0.5, 0.6) is 5.75 Å². The molecule has 0 bridgehead atoms. The van der Waals surface area contributed by atoms with Gasteiger partial charge in [-0.15, -0.1) is 0 Å². The van der Waals surface area contributed by atoms with E-state index < -0.39 is 17.5 Å². The van der Waals surface area contributed by atoms with Crippen LogP contribution in [0.15, 0.2) is 24.3 Å². The number of aromatic hydroxyl groups is 1. The Morgan fingerprint density at radius 2 is 1.89 bits per heavy atom. The molecule has 6 heteroatoms. The Labute approximate surface area is 109 Å². The Balaban J connectivity index is 0.000000360. The second-order valence-corrected chi connectivity index (χ2v) is 3.98. The zero-order valence-electron chi connectivity index (χ0n) is 9.89. The van der Waals surface area contributed by atoms with Gasteiger partial charge in [0.2, 0.25) is 0 Å². The van der Waals surface area contributed by atoms with E-state index in [1.54, 1.807) is 0 Å². The molecule has 0 aromatic heterocycles. The first kappa shape index (κ1) is 16.8. The maximum absolute atomic E-state index is 11.9. The molecule has 18 heavy (non-hydrogen) atoms. The summed E-state index contributed by atoms with van der Waals surface area (Å²) in [5, 5.41) is 15.8. The predicted octanol–water partition coefficient (Wildman–Crippen LogP) is 4.80. The number of alkyl halides is 3. The number of phenolic OH excluding ortho intramolecular Hbond substituents is 1. The number of hydrogen-bond acceptors (Lipinski definition) is 2. The molecule has 1 aromatic rings. The topological polar surface area (TPSA) is 44.1 Å². The molecule has 0 unspecified atom stereocenters. The summed E-state index contributed by atoms with van der Waals surface area (Å²) in [4.78, 5) is 0. The van der Waals surface area contributed by atoms with Gasteiger partial charge < -0.3 is 5.11 Å². The molecule has 0 saturated carbocycles. The summed E-state index contributed by atoms with van der Waals surface area (Å²) in [5.41, 5.74) is -1.000. The van der Waals surface area contributed by atoms with E-state index in [2.05, 4.69) is 6.92 Å². The summed E-state index contributed by atoms with van der Waals surface area (Å²) in [6.07, 6.45) is -1.55. The summed E-state index contributed by atoms with van der Waals surface area (Å²) in [6, 6.07) is 4.39. The van der Waals surface area contributed by atoms with Gasteiger partial charge in [0, 0.05) is 0 Å². The number of hydrogen-bond donors (Lipinski definition) is 2. The van der Waals surface area contributed by atoms with Crippen LogP contribution in [0.25, 0.3) is 0 Å². The van der Waals surface area contributed by atoms with Crippen LogP contribution < -0.4 is 0 Å². The molecule has 2 N–H and O–H groups in total. The van der Waals surface area contributed by atoms with Crippen LogP contribution in [-0.2, 0) is 6.18 Å². The molecule has 0 aliphatic carbocycles. The molecular formula is C12H15ClF3NO. The molecule has 0 atom stereocenters. The molecule has 0 amide bonds. The summed E-state index contributed by atoms with van der Waals surface area (Å²) in [7, 11) is 0. The Morgan fingerprint density at radius 3 is 2.17 bits per heavy atom. The van der Waals surface area contributed by atoms with Gasteiger partial charge >= 0.3 is 6.18 Å². The SMILES string of the molecule is CCCCC(=N)Cl.Oc1ccccc1C(F)(F)F. The van der Waals surface area contributed by atoms with E-state index in [1.807, 2.05) is 0 Å². The largest absolute Gasteiger partial charge is 0.507 e. The highest BCUT2D eigenvalue weighted by Crippen LogP contribution is 2.34. The van der Waals surface area contributed by atoms with E-state index in [1.165, 1.54) is 12.1 Å². The van der Waals surface area contributed by atoms with E-state index in [-0.39, 0.29) is 5.17 Å². The minimum Gasteiger partial charge on any atom is -0.507 e. The lowest BCUT2D eigenvalue weighted by molar-refractivity contribution is -0.138. The Kier molecular flexibility index (Phi) is 7.43. The van der Waals surface area contributed by atoms with E-state index in [9.17, 15) is 13.2 Å². The van der Waals surface area contributed by atoms with Crippen LogP contribution in [0.1, 0.15) is 31.7 Å². The molecule has 102 valence electrons. The minimum atomic E-state index is -4.47. The van der Waals surface area contributed by atoms with E-state index in [4.69, 9.17) is 22.1 Å². The average molecular weight is 282 g/mol. The summed E-state index contributed by atoms with van der Waals surface area (Å²) < 4.78 is 35.7. The average Bonchev–Trinajstić information content (AvgIpc) is 2.26. The maximum atomic E-state index is 11.9. The summed E-state index contributed by atoms with van der Waals surface area (Å²) in [6.45, 7) is 2.08. The smallest absolute Gasteiger partial charge is 0.419 e. The number of benzene rings is 1. The van der Waals surface area contributed by atoms with Crippen molar-refractivity contribution >= 4 is 16.8 Å². The van der Waals surface area contributed by atoms with E-state index >= 15 is 0 Å². The summed E-state index contributed by atoms with van der Waals surface area (Å²) in [5.74, 6) is -0.736. The van der Waals surface area contributed by atoms with Crippen molar-refractivity contribution in [3.8, 4) is 5.75 Å². The number of para-hydroxylation sites is 1. The first-order chi connectivity index (χ1) is 8.29. The quantitative estimate of drug-likeness (QED) is 0.768. The highest BCUT2D eigenvalue weighted by Gasteiger charge is 2.33. The predicted molar refractivity (Wildman–Crippen MR) is 66.2 cm³/mol. The first-order valence-corrected chi connectivity index (χ1v) is 5.75. The fraction of sp³-hybridized carbons (Fsp3) is 0.417. The lowest BCUT2D eigenvalue weighted by atomic mass is 10.2. The summed E-state index contributed by atoms with van der Waals surface area (Å²) >= 11 is 5.24. The Morgan fingerprint density at radius 1 is 1.33 bits per heavy atom. The van der Waals surface area contributed by atoms with Crippen molar-refractivity contribution in [2.45, 2.75) is 32.4 Å². The standard InChI is InChI=1S/C7H5F3O.C5H10ClN/c8-7(9,10)5-3-1-2-4-6(5)11;1-2-3-4-5(6)7/h1-4,11H;7H,2-4H2,1H3. The lowest BCUT2D eigenvalue weighted by Crippen LogP contribution is -2.04. The monoisotopic (exact) mass is 281 g/mol. The van der Waals surface area contributed by atoms with Crippen molar-refractivity contribution < 1.29 is 18.3 Å². The molecule has 0 heterocycles. The molecule has 0 aliphatic rings. The van der Waals surface area contributed by atoms with Crippen LogP contribution in [0.4, 0.5) is 13.2 Å². The van der Waals surface area contributed by atoms with Gasteiger partial charge in [-0.25, -0.2) is 0 Å². The van der Waals surface area contributed by atoms with Crippen molar-refractivity contribution in [3.63, 3.8) is 0 Å². The van der Waals surface area contributed by atoms with Crippen molar-refractivity contribution in [2.24, 2.45) is 0 Å². The van der Waals surface area contributed by atoms with Gasteiger partial charge in [-0.1, -0.05) is 37.1 Å². The van der Waals surface area contributed by atoms with Crippen LogP contribution in [0.2, 0.25) is 0 Å². The van der Waals surface area contributed by atoms with Gasteiger partial charge in [-0.3, -0.25) is 5.41 Å². The highest BCUT2D eigenvalue weighted by atomic mass is 35.5. The second kappa shape index (κ2) is 7.97. The number of halogens is 4. The second-order valence-electron chi connectivity index (χ2n) is 3.52. The van der Waals surface area contributed by atoms with Crippen LogP contribution in [-0.4, -0.2) is 10.3 Å². The normalized spacial score (nSPS) is 10.5. The number of unbranched alkanes of at least 4 members (excludes halogenated alkanes) is 1. The van der Waals surface area contributed by atoms with Gasteiger partial charge in [-0.2, -0.15) is 13.2 Å². The van der Waals surface area contributed by atoms with E-state index in [0.717, 1.165) is 31.4 Å². The number of phenols is 1. The zero-order chi connectivity index (χ0) is 14.2. The molecule has 0 spiro atoms. The third-order valence-electron chi connectivity index (χ3n) is 1.96. The molecule has 1 rings (SSSR count). The van der Waals surface area contributed by atoms with Gasteiger partial charge in [0.15, 0.2) is 0 Å². The third kappa shape index (κ3) is 7.17. The molecular weight excluding hydrogens is 267 g/mol. The van der Waals surface area contributed by atoms with Crippen molar-refractivity contribution in [1.82, 2.24) is 0 Å². The van der Waals surface area contributed by atoms with Gasteiger partial charge in [0.05, 0.1) is 10.7 Å². The Hall–Kier alpha value is -1.23. The molecule has 2 nitrogen and oxygen atoms in total. The van der Waals surface area contributed by atoms with Crippen molar-refractivity contribution in [2.75, 3.05) is 0 Å². The van der Waals surface area contributed by atoms with Crippen molar-refractivity contribution in [3.05, 3.63) is 29.8 Å². The van der Waals surface area contributed by atoms with Gasteiger partial charge in [0.25, 0.3) is 0 Å². The van der Waals surface area contributed by atoms with Crippen LogP contribution in [0.3, 0.4) is 0 Å². The molecule has 0 radical (unpaired) electrons. The third-order valence-corrected chi connectivity index (χ3v) is 2.15. The van der Waals surface area contributed by atoms with Gasteiger partial charge in [-0.05, 0) is 25.0 Å². The molecule has 0 aliphatic heterocycles. The highest BCUT2D eigenvalue weighted by molar-refractivity contribution is 6.64. The van der Waals surface area contributed by atoms with Gasteiger partial charge in [0.1, 0.15) is 5.75 Å². The first-order valence-electron chi connectivity index (χ1n) is 5.37. The molecule has 1 aromatic carbocycles. The van der Waals surface area contributed by atoms with Crippen LogP contribution in [0, 0.1) is 5.41 Å². The van der Waals surface area contributed by atoms with Crippen molar-refractivity contribution in [1.29, 1.82) is 5.41 Å². The Bertz CT molecular complexity index is 380. The number of nitrogens with one attached hydrogen (secondary N) is 1. The lowest BCUT2D eigenvalue weighted by Gasteiger charge is -2.06. The number of rotatable bonds is 3. The molecule has 0 saturated heterocycles. The zero-order valence-corrected chi connectivity index (χ0v) is 10.6. The fourth-order valence-corrected chi connectivity index (χ4v) is 1.18. The minimum absolute atomic E-state index is 0.279. The van der Waals surface area contributed by atoms with E-state index in [0.29, 0.717) is 0 Å². The molecule has 0 fully saturated rings. The fourth-order valence-electron chi connectivity index (χ4n) is 1.05. The van der Waals surface area contributed by atoms with Crippen LogP contribution >= 0.6 is 11.6 Å². The maximum Gasteiger partial charge on any atom is 0.419 e.